The van der Waals surface area contributed by atoms with Crippen LogP contribution in [0.4, 0.5) is 0 Å². The SMILES string of the molecule is Cc1ccc(Cn2cnc3c(cnn3CCNC(=O)c3ccc(-n4cccc4)cc3)c2=O)cc1. The van der Waals surface area contributed by atoms with Gasteiger partial charge in [-0.15, -0.1) is 0 Å². The summed E-state index contributed by atoms with van der Waals surface area (Å²) in [7, 11) is 0. The van der Waals surface area contributed by atoms with E-state index in [9.17, 15) is 9.59 Å². The van der Waals surface area contributed by atoms with Gasteiger partial charge < -0.3 is 9.88 Å². The Balaban J connectivity index is 1.23. The molecule has 8 nitrogen and oxygen atoms in total. The Morgan fingerprint density at radius 3 is 2.47 bits per heavy atom. The quantitative estimate of drug-likeness (QED) is 0.411. The van der Waals surface area contributed by atoms with Gasteiger partial charge in [-0.2, -0.15) is 5.10 Å². The van der Waals surface area contributed by atoms with Crippen LogP contribution in [0.1, 0.15) is 21.5 Å². The van der Waals surface area contributed by atoms with E-state index in [1.807, 2.05) is 72.4 Å². The molecule has 0 aliphatic carbocycles. The number of carbonyl (C=O) groups is 1. The number of benzene rings is 2. The van der Waals surface area contributed by atoms with Crippen LogP contribution in [0.15, 0.2) is 90.4 Å². The van der Waals surface area contributed by atoms with Crippen molar-refractivity contribution in [1.29, 1.82) is 0 Å². The average Bonchev–Trinajstić information content (AvgIpc) is 3.53. The lowest BCUT2D eigenvalue weighted by molar-refractivity contribution is 0.0952. The van der Waals surface area contributed by atoms with Gasteiger partial charge in [0, 0.05) is 30.2 Å². The molecule has 0 aliphatic rings. The third-order valence-corrected chi connectivity index (χ3v) is 5.74. The fraction of sp³-hybridized carbons (Fsp3) is 0.154. The van der Waals surface area contributed by atoms with E-state index in [2.05, 4.69) is 15.4 Å². The highest BCUT2D eigenvalue weighted by atomic mass is 16.1. The Kier molecular flexibility index (Phi) is 5.78. The molecule has 8 heteroatoms. The molecule has 0 atom stereocenters. The summed E-state index contributed by atoms with van der Waals surface area (Å²) in [5, 5.41) is 7.67. The summed E-state index contributed by atoms with van der Waals surface area (Å²) >= 11 is 0. The lowest BCUT2D eigenvalue weighted by Crippen LogP contribution is -2.27. The number of rotatable bonds is 7. The number of carbonyl (C=O) groups excluding carboxylic acids is 1. The predicted octanol–water partition coefficient (Wildman–Crippen LogP) is 3.17. The maximum absolute atomic E-state index is 12.9. The summed E-state index contributed by atoms with van der Waals surface area (Å²) < 4.78 is 5.20. The molecule has 0 saturated heterocycles. The van der Waals surface area contributed by atoms with Crippen molar-refractivity contribution in [2.24, 2.45) is 0 Å². The van der Waals surface area contributed by atoms with Gasteiger partial charge in [-0.05, 0) is 48.9 Å². The number of nitrogens with one attached hydrogen (secondary N) is 1. The van der Waals surface area contributed by atoms with Crippen molar-refractivity contribution >= 4 is 16.9 Å². The molecule has 0 radical (unpaired) electrons. The van der Waals surface area contributed by atoms with E-state index in [1.54, 1.807) is 27.7 Å². The zero-order valence-electron chi connectivity index (χ0n) is 18.8. The van der Waals surface area contributed by atoms with Gasteiger partial charge in [-0.25, -0.2) is 9.67 Å². The van der Waals surface area contributed by atoms with E-state index in [4.69, 9.17) is 0 Å². The van der Waals surface area contributed by atoms with Crippen molar-refractivity contribution < 1.29 is 4.79 Å². The van der Waals surface area contributed by atoms with E-state index in [1.165, 1.54) is 11.8 Å². The molecule has 0 bridgehead atoms. The zero-order chi connectivity index (χ0) is 23.5. The molecule has 5 aromatic rings. The zero-order valence-corrected chi connectivity index (χ0v) is 18.8. The summed E-state index contributed by atoms with van der Waals surface area (Å²) in [6, 6.07) is 19.4. The third-order valence-electron chi connectivity index (χ3n) is 5.74. The van der Waals surface area contributed by atoms with Gasteiger partial charge in [0.15, 0.2) is 5.65 Å². The minimum Gasteiger partial charge on any atom is -0.350 e. The monoisotopic (exact) mass is 452 g/mol. The first-order valence-corrected chi connectivity index (χ1v) is 11.1. The molecule has 0 spiro atoms. The van der Waals surface area contributed by atoms with Crippen LogP contribution >= 0.6 is 0 Å². The molecule has 5 rings (SSSR count). The first-order chi connectivity index (χ1) is 16.6. The number of hydrogen-bond acceptors (Lipinski definition) is 4. The normalized spacial score (nSPS) is 11.1. The maximum Gasteiger partial charge on any atom is 0.264 e. The minimum atomic E-state index is -0.163. The lowest BCUT2D eigenvalue weighted by Gasteiger charge is -2.08. The van der Waals surface area contributed by atoms with Gasteiger partial charge in [0.05, 0.1) is 19.3 Å². The summed E-state index contributed by atoms with van der Waals surface area (Å²) in [6.45, 7) is 3.25. The van der Waals surface area contributed by atoms with Crippen LogP contribution in [-0.2, 0) is 13.1 Å². The number of nitrogens with zero attached hydrogens (tertiary/aromatic N) is 5. The van der Waals surface area contributed by atoms with E-state index in [0.29, 0.717) is 36.2 Å². The molecule has 0 saturated carbocycles. The van der Waals surface area contributed by atoms with Crippen LogP contribution in [0.2, 0.25) is 0 Å². The third kappa shape index (κ3) is 4.38. The van der Waals surface area contributed by atoms with Crippen molar-refractivity contribution in [3.63, 3.8) is 0 Å². The molecule has 3 heterocycles. The Labute approximate surface area is 196 Å². The molecule has 3 aromatic heterocycles. The molecular formula is C26H24N6O2. The minimum absolute atomic E-state index is 0.136. The van der Waals surface area contributed by atoms with Gasteiger partial charge in [0.1, 0.15) is 11.7 Å². The standard InChI is InChI=1S/C26H24N6O2/c1-19-4-6-20(7-5-19)17-31-18-28-24-23(26(31)34)16-29-32(24)15-12-27-25(33)21-8-10-22(11-9-21)30-13-2-3-14-30/h2-11,13-14,16,18H,12,15,17H2,1H3,(H,27,33). The van der Waals surface area contributed by atoms with Crippen molar-refractivity contribution in [3.8, 4) is 5.69 Å². The predicted molar refractivity (Wildman–Crippen MR) is 130 cm³/mol. The topological polar surface area (TPSA) is 86.7 Å². The number of aromatic nitrogens is 5. The van der Waals surface area contributed by atoms with Crippen LogP contribution in [-0.4, -0.2) is 36.4 Å². The fourth-order valence-electron chi connectivity index (χ4n) is 3.83. The molecule has 0 unspecified atom stereocenters. The van der Waals surface area contributed by atoms with Crippen molar-refractivity contribution in [2.45, 2.75) is 20.0 Å². The number of aryl methyl sites for hydroxylation is 1. The van der Waals surface area contributed by atoms with Crippen LogP contribution in [0, 0.1) is 6.92 Å². The molecule has 1 amide bonds. The molecule has 34 heavy (non-hydrogen) atoms. The molecular weight excluding hydrogens is 428 g/mol. The Hall–Kier alpha value is -4.46. The van der Waals surface area contributed by atoms with E-state index >= 15 is 0 Å². The van der Waals surface area contributed by atoms with Crippen LogP contribution in [0.3, 0.4) is 0 Å². The summed E-state index contributed by atoms with van der Waals surface area (Å²) in [5.74, 6) is -0.163. The van der Waals surface area contributed by atoms with E-state index < -0.39 is 0 Å². The smallest absolute Gasteiger partial charge is 0.264 e. The van der Waals surface area contributed by atoms with Crippen LogP contribution < -0.4 is 10.9 Å². The maximum atomic E-state index is 12.9. The lowest BCUT2D eigenvalue weighted by atomic mass is 10.1. The summed E-state index contributed by atoms with van der Waals surface area (Å²) in [6.07, 6.45) is 7.00. The Bertz CT molecular complexity index is 1480. The second-order valence-electron chi connectivity index (χ2n) is 8.16. The molecule has 0 aliphatic heterocycles. The van der Waals surface area contributed by atoms with Gasteiger partial charge in [-0.3, -0.25) is 14.2 Å². The van der Waals surface area contributed by atoms with Gasteiger partial charge in [0.2, 0.25) is 0 Å². The van der Waals surface area contributed by atoms with E-state index in [0.717, 1.165) is 11.3 Å². The molecule has 2 aromatic carbocycles. The Morgan fingerprint density at radius 1 is 1.00 bits per heavy atom. The second-order valence-corrected chi connectivity index (χ2v) is 8.16. The highest BCUT2D eigenvalue weighted by Gasteiger charge is 2.11. The number of hydrogen-bond donors (Lipinski definition) is 1. The van der Waals surface area contributed by atoms with E-state index in [-0.39, 0.29) is 11.5 Å². The largest absolute Gasteiger partial charge is 0.350 e. The first-order valence-electron chi connectivity index (χ1n) is 11.1. The van der Waals surface area contributed by atoms with Crippen LogP contribution in [0.5, 0.6) is 0 Å². The molecule has 1 N–H and O–H groups in total. The van der Waals surface area contributed by atoms with Crippen molar-refractivity contribution in [2.75, 3.05) is 6.54 Å². The number of fused-ring (bicyclic) bond motifs is 1. The van der Waals surface area contributed by atoms with Gasteiger partial charge in [0.25, 0.3) is 11.5 Å². The number of amides is 1. The summed E-state index contributed by atoms with van der Waals surface area (Å²) in [5.41, 5.74) is 4.15. The van der Waals surface area contributed by atoms with Gasteiger partial charge >= 0.3 is 0 Å². The van der Waals surface area contributed by atoms with Crippen LogP contribution in [0.25, 0.3) is 16.7 Å². The molecule has 170 valence electrons. The summed E-state index contributed by atoms with van der Waals surface area (Å²) in [4.78, 5) is 29.9. The first kappa shape index (κ1) is 21.4. The highest BCUT2D eigenvalue weighted by molar-refractivity contribution is 5.94. The Morgan fingerprint density at radius 2 is 1.74 bits per heavy atom. The average molecular weight is 453 g/mol. The second kappa shape index (κ2) is 9.19. The van der Waals surface area contributed by atoms with Gasteiger partial charge in [-0.1, -0.05) is 29.8 Å². The van der Waals surface area contributed by atoms with Crippen molar-refractivity contribution in [1.82, 2.24) is 29.2 Å². The molecule has 0 fully saturated rings. The van der Waals surface area contributed by atoms with Crippen molar-refractivity contribution in [3.05, 3.63) is 113 Å². The fourth-order valence-corrected chi connectivity index (χ4v) is 3.83. The highest BCUT2D eigenvalue weighted by Crippen LogP contribution is 2.11.